The van der Waals surface area contributed by atoms with E-state index in [2.05, 4.69) is 0 Å². The zero-order chi connectivity index (χ0) is 10.1. The van der Waals surface area contributed by atoms with Crippen LogP contribution in [0.3, 0.4) is 0 Å². The van der Waals surface area contributed by atoms with Gasteiger partial charge in [-0.1, -0.05) is 12.8 Å². The molecule has 0 heterocycles. The molecule has 0 bridgehead atoms. The number of nitrogens with two attached hydrogens (primary N) is 1. The number of aliphatic hydroxyl groups is 1. The van der Waals surface area contributed by atoms with Crippen molar-refractivity contribution < 1.29 is 18.3 Å². The Morgan fingerprint density at radius 1 is 1.23 bits per heavy atom. The summed E-state index contributed by atoms with van der Waals surface area (Å²) in [6, 6.07) is 0. The summed E-state index contributed by atoms with van der Waals surface area (Å²) >= 11 is 0. The van der Waals surface area contributed by atoms with E-state index in [1.54, 1.807) is 0 Å². The van der Waals surface area contributed by atoms with Gasteiger partial charge in [0.25, 0.3) is 0 Å². The largest absolute Gasteiger partial charge is 0.418 e. The van der Waals surface area contributed by atoms with Gasteiger partial charge in [-0.15, -0.1) is 0 Å². The molecule has 13 heavy (non-hydrogen) atoms. The molecular weight excluding hydrogens is 183 g/mol. The van der Waals surface area contributed by atoms with Gasteiger partial charge in [-0.2, -0.15) is 13.2 Å². The van der Waals surface area contributed by atoms with E-state index in [0.29, 0.717) is 12.8 Å². The Hall–Kier alpha value is -0.290. The van der Waals surface area contributed by atoms with Crippen molar-refractivity contribution in [1.29, 1.82) is 0 Å². The van der Waals surface area contributed by atoms with Gasteiger partial charge >= 0.3 is 6.18 Å². The van der Waals surface area contributed by atoms with Gasteiger partial charge in [0.15, 0.2) is 5.60 Å². The Morgan fingerprint density at radius 3 is 2.00 bits per heavy atom. The van der Waals surface area contributed by atoms with Gasteiger partial charge < -0.3 is 10.8 Å². The van der Waals surface area contributed by atoms with Crippen molar-refractivity contribution >= 4 is 0 Å². The van der Waals surface area contributed by atoms with Crippen molar-refractivity contribution in [3.63, 3.8) is 0 Å². The molecule has 0 aliphatic heterocycles. The molecule has 0 aromatic carbocycles. The van der Waals surface area contributed by atoms with E-state index in [1.165, 1.54) is 0 Å². The van der Waals surface area contributed by atoms with Crippen LogP contribution in [0.2, 0.25) is 0 Å². The number of rotatable bonds is 2. The fraction of sp³-hybridized carbons (Fsp3) is 1.00. The van der Waals surface area contributed by atoms with Crippen LogP contribution >= 0.6 is 0 Å². The molecular formula is C8H14F3NO. The van der Waals surface area contributed by atoms with Gasteiger partial charge in [-0.3, -0.25) is 0 Å². The Balaban J connectivity index is 2.79. The molecule has 0 aromatic rings. The summed E-state index contributed by atoms with van der Waals surface area (Å²) < 4.78 is 37.3. The lowest BCUT2D eigenvalue weighted by molar-refractivity contribution is -0.274. The van der Waals surface area contributed by atoms with E-state index in [1.807, 2.05) is 0 Å². The molecule has 1 fully saturated rings. The maximum absolute atomic E-state index is 12.4. The van der Waals surface area contributed by atoms with Crippen LogP contribution in [0.15, 0.2) is 0 Å². The summed E-state index contributed by atoms with van der Waals surface area (Å²) in [7, 11) is 0. The Morgan fingerprint density at radius 2 is 1.69 bits per heavy atom. The first kappa shape index (κ1) is 10.8. The van der Waals surface area contributed by atoms with E-state index in [4.69, 9.17) is 5.73 Å². The van der Waals surface area contributed by atoms with Crippen LogP contribution in [0.4, 0.5) is 13.2 Å². The minimum atomic E-state index is -4.60. The first-order valence-corrected chi connectivity index (χ1v) is 4.41. The maximum atomic E-state index is 12.4. The van der Waals surface area contributed by atoms with Gasteiger partial charge in [0.1, 0.15) is 0 Å². The van der Waals surface area contributed by atoms with Crippen LogP contribution in [-0.2, 0) is 0 Å². The minimum Gasteiger partial charge on any atom is -0.379 e. The Labute approximate surface area is 74.9 Å². The average Bonchev–Trinajstić information content (AvgIpc) is 2.52. The minimum absolute atomic E-state index is 0.424. The number of hydrogen-bond acceptors (Lipinski definition) is 2. The van der Waals surface area contributed by atoms with Gasteiger partial charge in [0, 0.05) is 6.54 Å². The topological polar surface area (TPSA) is 46.2 Å². The highest BCUT2D eigenvalue weighted by Gasteiger charge is 2.57. The van der Waals surface area contributed by atoms with Gasteiger partial charge in [0.2, 0.25) is 0 Å². The van der Waals surface area contributed by atoms with Crippen LogP contribution in [0.25, 0.3) is 0 Å². The lowest BCUT2D eigenvalue weighted by atomic mass is 9.85. The van der Waals surface area contributed by atoms with E-state index in [-0.39, 0.29) is 0 Å². The summed E-state index contributed by atoms with van der Waals surface area (Å²) in [4.78, 5) is 0. The van der Waals surface area contributed by atoms with Gasteiger partial charge in [-0.05, 0) is 18.8 Å². The second-order valence-corrected chi connectivity index (χ2v) is 3.61. The molecule has 1 rings (SSSR count). The highest BCUT2D eigenvalue weighted by atomic mass is 19.4. The number of hydrogen-bond donors (Lipinski definition) is 2. The summed E-state index contributed by atoms with van der Waals surface area (Å²) in [5.74, 6) is -0.711. The molecule has 3 N–H and O–H groups in total. The van der Waals surface area contributed by atoms with Crippen LogP contribution < -0.4 is 5.73 Å². The van der Waals surface area contributed by atoms with E-state index in [9.17, 15) is 18.3 Å². The molecule has 78 valence electrons. The Bertz CT molecular complexity index is 177. The smallest absolute Gasteiger partial charge is 0.379 e. The van der Waals surface area contributed by atoms with Crippen molar-refractivity contribution in [3.05, 3.63) is 0 Å². The molecule has 1 aliphatic rings. The molecule has 1 aliphatic carbocycles. The first-order valence-electron chi connectivity index (χ1n) is 4.41. The lowest BCUT2D eigenvalue weighted by Crippen LogP contribution is -2.55. The molecule has 0 aromatic heterocycles. The van der Waals surface area contributed by atoms with Crippen LogP contribution in [0, 0.1) is 5.92 Å². The molecule has 5 heteroatoms. The van der Waals surface area contributed by atoms with Crippen LogP contribution in [-0.4, -0.2) is 23.4 Å². The molecule has 2 nitrogen and oxygen atoms in total. The number of alkyl halides is 3. The highest BCUT2D eigenvalue weighted by Crippen LogP contribution is 2.43. The lowest BCUT2D eigenvalue weighted by Gasteiger charge is -2.34. The molecule has 1 atom stereocenters. The van der Waals surface area contributed by atoms with Crippen molar-refractivity contribution in [1.82, 2.24) is 0 Å². The van der Waals surface area contributed by atoms with Crippen molar-refractivity contribution in [2.75, 3.05) is 6.54 Å². The summed E-state index contributed by atoms with van der Waals surface area (Å²) in [6.07, 6.45) is -2.25. The highest BCUT2D eigenvalue weighted by molar-refractivity contribution is 4.95. The molecule has 0 amide bonds. The zero-order valence-electron chi connectivity index (χ0n) is 7.27. The maximum Gasteiger partial charge on any atom is 0.418 e. The standard InChI is InChI=1S/C8H14F3NO/c9-8(10,11)7(13,5-12)6-3-1-2-4-6/h6,13H,1-5,12H2. The quantitative estimate of drug-likeness (QED) is 0.703. The van der Waals surface area contributed by atoms with Crippen LogP contribution in [0.5, 0.6) is 0 Å². The fourth-order valence-electron chi connectivity index (χ4n) is 1.92. The monoisotopic (exact) mass is 197 g/mol. The van der Waals surface area contributed by atoms with Crippen molar-refractivity contribution in [3.8, 4) is 0 Å². The predicted molar refractivity (Wildman–Crippen MR) is 42.0 cm³/mol. The molecule has 1 unspecified atom stereocenters. The third-order valence-corrected chi connectivity index (χ3v) is 2.83. The van der Waals surface area contributed by atoms with Crippen molar-refractivity contribution in [2.24, 2.45) is 11.7 Å². The normalized spacial score (nSPS) is 24.7. The molecule has 0 spiro atoms. The zero-order valence-corrected chi connectivity index (χ0v) is 7.27. The fourth-order valence-corrected chi connectivity index (χ4v) is 1.92. The molecule has 0 radical (unpaired) electrons. The summed E-state index contributed by atoms with van der Waals surface area (Å²) in [5.41, 5.74) is 2.34. The van der Waals surface area contributed by atoms with Gasteiger partial charge in [0.05, 0.1) is 0 Å². The second kappa shape index (κ2) is 3.46. The van der Waals surface area contributed by atoms with E-state index in [0.717, 1.165) is 12.8 Å². The first-order chi connectivity index (χ1) is 5.92. The Kier molecular flexibility index (Phi) is 2.87. The third-order valence-electron chi connectivity index (χ3n) is 2.83. The van der Waals surface area contributed by atoms with Crippen LogP contribution in [0.1, 0.15) is 25.7 Å². The predicted octanol–water partition coefficient (Wildman–Crippen LogP) is 1.43. The molecule has 1 saturated carbocycles. The molecule has 0 saturated heterocycles. The summed E-state index contributed by atoms with van der Waals surface area (Å²) in [5, 5.41) is 9.41. The average molecular weight is 197 g/mol. The van der Waals surface area contributed by atoms with E-state index < -0.39 is 24.2 Å². The van der Waals surface area contributed by atoms with Gasteiger partial charge in [-0.25, -0.2) is 0 Å². The van der Waals surface area contributed by atoms with E-state index >= 15 is 0 Å². The van der Waals surface area contributed by atoms with Crippen molar-refractivity contribution in [2.45, 2.75) is 37.5 Å². The SMILES string of the molecule is NCC(O)(C1CCCC1)C(F)(F)F. The number of halogens is 3. The summed E-state index contributed by atoms with van der Waals surface area (Å²) in [6.45, 7) is -0.735. The second-order valence-electron chi connectivity index (χ2n) is 3.61. The third kappa shape index (κ3) is 1.81.